The van der Waals surface area contributed by atoms with Crippen LogP contribution < -0.4 is 5.32 Å². The zero-order valence-corrected chi connectivity index (χ0v) is 11.7. The molecule has 1 unspecified atom stereocenters. The molecule has 1 amide bonds. The Morgan fingerprint density at radius 2 is 2.11 bits per heavy atom. The molecule has 0 saturated carbocycles. The first-order valence-electron chi connectivity index (χ1n) is 6.02. The van der Waals surface area contributed by atoms with Gasteiger partial charge in [-0.3, -0.25) is 4.79 Å². The monoisotopic (exact) mass is 269 g/mol. The predicted molar refractivity (Wildman–Crippen MR) is 71.8 cm³/mol. The lowest BCUT2D eigenvalue weighted by atomic mass is 9.97. The van der Waals surface area contributed by atoms with Crippen LogP contribution in [0, 0.1) is 5.92 Å². The molecule has 1 rings (SSSR count). The zero-order valence-electron chi connectivity index (χ0n) is 10.8. The Morgan fingerprint density at radius 1 is 1.44 bits per heavy atom. The average Bonchev–Trinajstić information content (AvgIpc) is 2.87. The minimum Gasteiger partial charge on any atom is -0.480 e. The van der Waals surface area contributed by atoms with Crippen LogP contribution in [-0.4, -0.2) is 23.0 Å². The topological polar surface area (TPSA) is 66.4 Å². The van der Waals surface area contributed by atoms with Gasteiger partial charge in [0, 0.05) is 0 Å². The molecule has 0 radical (unpaired) electrons. The Bertz CT molecular complexity index is 402. The Kier molecular flexibility index (Phi) is 5.34. The summed E-state index contributed by atoms with van der Waals surface area (Å²) in [4.78, 5) is 23.1. The van der Waals surface area contributed by atoms with Crippen LogP contribution in [0.3, 0.4) is 0 Å². The molecule has 100 valence electrons. The number of hydrogen-bond donors (Lipinski definition) is 2. The molecule has 1 aromatic heterocycles. The molecule has 2 N–H and O–H groups in total. The van der Waals surface area contributed by atoms with Crippen LogP contribution in [0.25, 0.3) is 0 Å². The number of carbonyl (C=O) groups excluding carboxylic acids is 1. The molecule has 0 bridgehead atoms. The van der Waals surface area contributed by atoms with Crippen LogP contribution in [0.2, 0.25) is 0 Å². The van der Waals surface area contributed by atoms with Gasteiger partial charge in [0.1, 0.15) is 6.04 Å². The van der Waals surface area contributed by atoms with Gasteiger partial charge in [-0.1, -0.05) is 20.3 Å². The number of carboxylic acid groups (broad SMARTS) is 1. The number of thiophene rings is 1. The molecule has 1 aromatic rings. The maximum atomic E-state index is 12.0. The van der Waals surface area contributed by atoms with E-state index in [1.54, 1.807) is 6.92 Å². The van der Waals surface area contributed by atoms with Crippen molar-refractivity contribution in [3.63, 3.8) is 0 Å². The van der Waals surface area contributed by atoms with E-state index in [4.69, 9.17) is 5.11 Å². The van der Waals surface area contributed by atoms with Crippen molar-refractivity contribution in [2.45, 2.75) is 39.2 Å². The summed E-state index contributed by atoms with van der Waals surface area (Å²) in [6.07, 6.45) is 0.712. The van der Waals surface area contributed by atoms with Gasteiger partial charge in [0.2, 0.25) is 5.91 Å². The normalized spacial score (nSPS) is 15.7. The Morgan fingerprint density at radius 3 is 2.56 bits per heavy atom. The van der Waals surface area contributed by atoms with E-state index in [-0.39, 0.29) is 17.7 Å². The quantitative estimate of drug-likeness (QED) is 0.833. The predicted octanol–water partition coefficient (Wildman–Crippen LogP) is 2.47. The average molecular weight is 269 g/mol. The summed E-state index contributed by atoms with van der Waals surface area (Å²) in [5.41, 5.74) is 0.922. The van der Waals surface area contributed by atoms with E-state index >= 15 is 0 Å². The Balaban J connectivity index is 2.70. The summed E-state index contributed by atoms with van der Waals surface area (Å²) in [5.74, 6) is -1.61. The van der Waals surface area contributed by atoms with Crippen LogP contribution in [0.5, 0.6) is 0 Å². The lowest BCUT2D eigenvalue weighted by Gasteiger charge is -2.22. The molecule has 1 heterocycles. The molecule has 0 aliphatic heterocycles. The summed E-state index contributed by atoms with van der Waals surface area (Å²) < 4.78 is 0. The SMILES string of the molecule is CC[C@H](C)[C@H](NC(=O)C(C)c1ccsc1)C(=O)O. The smallest absolute Gasteiger partial charge is 0.326 e. The Labute approximate surface area is 111 Å². The highest BCUT2D eigenvalue weighted by Gasteiger charge is 2.27. The van der Waals surface area contributed by atoms with E-state index in [1.807, 2.05) is 30.7 Å². The fourth-order valence-electron chi connectivity index (χ4n) is 1.63. The van der Waals surface area contributed by atoms with Gasteiger partial charge >= 0.3 is 5.97 Å². The van der Waals surface area contributed by atoms with Gasteiger partial charge < -0.3 is 10.4 Å². The van der Waals surface area contributed by atoms with Gasteiger partial charge in [-0.2, -0.15) is 11.3 Å². The summed E-state index contributed by atoms with van der Waals surface area (Å²) in [6, 6.07) is 1.07. The fraction of sp³-hybridized carbons (Fsp3) is 0.538. The van der Waals surface area contributed by atoms with E-state index in [2.05, 4.69) is 5.32 Å². The number of hydrogen-bond acceptors (Lipinski definition) is 3. The minimum atomic E-state index is -0.977. The van der Waals surface area contributed by atoms with Gasteiger partial charge in [-0.25, -0.2) is 4.79 Å². The van der Waals surface area contributed by atoms with E-state index in [9.17, 15) is 9.59 Å². The molecule has 0 fully saturated rings. The number of carboxylic acids is 1. The molecule has 0 aliphatic carbocycles. The summed E-state index contributed by atoms with van der Waals surface area (Å²) >= 11 is 1.52. The lowest BCUT2D eigenvalue weighted by Crippen LogP contribution is -2.46. The molecule has 3 atom stereocenters. The van der Waals surface area contributed by atoms with Crippen molar-refractivity contribution >= 4 is 23.2 Å². The van der Waals surface area contributed by atoms with Crippen LogP contribution >= 0.6 is 11.3 Å². The van der Waals surface area contributed by atoms with Gasteiger partial charge in [0.25, 0.3) is 0 Å². The number of rotatable bonds is 6. The molecule has 0 spiro atoms. The molecular weight excluding hydrogens is 250 g/mol. The third kappa shape index (κ3) is 3.57. The van der Waals surface area contributed by atoms with E-state index in [0.717, 1.165) is 5.56 Å². The zero-order chi connectivity index (χ0) is 13.7. The number of amides is 1. The van der Waals surface area contributed by atoms with Crippen LogP contribution in [0.1, 0.15) is 38.7 Å². The number of aliphatic carboxylic acids is 1. The van der Waals surface area contributed by atoms with Crippen LogP contribution in [0.15, 0.2) is 16.8 Å². The first-order valence-corrected chi connectivity index (χ1v) is 6.96. The number of carbonyl (C=O) groups is 2. The van der Waals surface area contributed by atoms with Crippen LogP contribution in [-0.2, 0) is 9.59 Å². The van der Waals surface area contributed by atoms with Gasteiger partial charge in [-0.05, 0) is 35.2 Å². The van der Waals surface area contributed by atoms with E-state index < -0.39 is 12.0 Å². The second-order valence-corrected chi connectivity index (χ2v) is 5.27. The highest BCUT2D eigenvalue weighted by Crippen LogP contribution is 2.19. The molecular formula is C13H19NO3S. The fourth-order valence-corrected chi connectivity index (χ4v) is 2.39. The summed E-state index contributed by atoms with van der Waals surface area (Å²) in [5, 5.41) is 15.6. The minimum absolute atomic E-state index is 0.0823. The Hall–Kier alpha value is -1.36. The van der Waals surface area contributed by atoms with Crippen LogP contribution in [0.4, 0.5) is 0 Å². The molecule has 4 nitrogen and oxygen atoms in total. The maximum Gasteiger partial charge on any atom is 0.326 e. The van der Waals surface area contributed by atoms with Crippen molar-refractivity contribution in [2.75, 3.05) is 0 Å². The van der Waals surface area contributed by atoms with E-state index in [1.165, 1.54) is 11.3 Å². The highest BCUT2D eigenvalue weighted by atomic mass is 32.1. The molecule has 0 aromatic carbocycles. The second kappa shape index (κ2) is 6.54. The third-order valence-corrected chi connectivity index (χ3v) is 3.91. The largest absolute Gasteiger partial charge is 0.480 e. The highest BCUT2D eigenvalue weighted by molar-refractivity contribution is 7.08. The molecule has 0 aliphatic rings. The van der Waals surface area contributed by atoms with Crippen molar-refractivity contribution in [1.29, 1.82) is 0 Å². The third-order valence-electron chi connectivity index (χ3n) is 3.21. The first-order chi connectivity index (χ1) is 8.47. The van der Waals surface area contributed by atoms with Crippen molar-refractivity contribution in [1.82, 2.24) is 5.32 Å². The standard InChI is InChI=1S/C13H19NO3S/c1-4-8(2)11(13(16)17)14-12(15)9(3)10-5-6-18-7-10/h5-9,11H,4H2,1-3H3,(H,14,15)(H,16,17)/t8-,9?,11-/m0/s1. The van der Waals surface area contributed by atoms with Crippen molar-refractivity contribution in [3.8, 4) is 0 Å². The van der Waals surface area contributed by atoms with Gasteiger partial charge in [-0.15, -0.1) is 0 Å². The molecule has 18 heavy (non-hydrogen) atoms. The molecule has 0 saturated heterocycles. The van der Waals surface area contributed by atoms with Crippen molar-refractivity contribution in [3.05, 3.63) is 22.4 Å². The van der Waals surface area contributed by atoms with Gasteiger partial charge in [0.15, 0.2) is 0 Å². The summed E-state index contributed by atoms with van der Waals surface area (Å²) in [7, 11) is 0. The molecule has 5 heteroatoms. The maximum absolute atomic E-state index is 12.0. The summed E-state index contributed by atoms with van der Waals surface area (Å²) in [6.45, 7) is 5.52. The second-order valence-electron chi connectivity index (χ2n) is 4.49. The lowest BCUT2D eigenvalue weighted by molar-refractivity contribution is -0.143. The van der Waals surface area contributed by atoms with Crippen molar-refractivity contribution in [2.24, 2.45) is 5.92 Å². The first kappa shape index (κ1) is 14.7. The van der Waals surface area contributed by atoms with E-state index in [0.29, 0.717) is 6.42 Å². The number of nitrogens with one attached hydrogen (secondary N) is 1. The van der Waals surface area contributed by atoms with Crippen molar-refractivity contribution < 1.29 is 14.7 Å². The van der Waals surface area contributed by atoms with Gasteiger partial charge in [0.05, 0.1) is 5.92 Å².